The molecule has 0 aromatic carbocycles. The van der Waals surface area contributed by atoms with Gasteiger partial charge in [0.25, 0.3) is 0 Å². The highest BCUT2D eigenvalue weighted by Crippen LogP contribution is 2.04. The molecule has 0 aliphatic rings. The first-order valence-corrected chi connectivity index (χ1v) is 5.64. The summed E-state index contributed by atoms with van der Waals surface area (Å²) in [5, 5.41) is 11.2. The van der Waals surface area contributed by atoms with Gasteiger partial charge >= 0.3 is 5.97 Å². The third-order valence-electron chi connectivity index (χ3n) is 2.22. The summed E-state index contributed by atoms with van der Waals surface area (Å²) >= 11 is 0. The number of rotatable bonds is 10. The molecule has 0 aromatic heterocycles. The number of methoxy groups -OCH3 is 1. The summed E-state index contributed by atoms with van der Waals surface area (Å²) in [7, 11) is 1.59. The molecule has 1 amide bonds. The fourth-order valence-electron chi connectivity index (χ4n) is 1.14. The van der Waals surface area contributed by atoms with E-state index in [1.807, 2.05) is 0 Å². The minimum absolute atomic E-state index is 0.0128. The fourth-order valence-corrected chi connectivity index (χ4v) is 1.14. The number of carbonyl (C=O) groups excluding carboxylic acids is 1. The largest absolute Gasteiger partial charge is 0.481 e. The molecule has 0 unspecified atom stereocenters. The van der Waals surface area contributed by atoms with Crippen LogP contribution in [0.3, 0.4) is 0 Å². The van der Waals surface area contributed by atoms with Crippen LogP contribution in [0, 0.1) is 5.92 Å². The number of ether oxygens (including phenoxy) is 2. The number of carboxylic acids is 1. The second-order valence-electron chi connectivity index (χ2n) is 3.73. The van der Waals surface area contributed by atoms with Gasteiger partial charge < -0.3 is 19.9 Å². The van der Waals surface area contributed by atoms with Gasteiger partial charge in [-0.25, -0.2) is 0 Å². The summed E-state index contributed by atoms with van der Waals surface area (Å²) in [6.07, 6.45) is 0.366. The van der Waals surface area contributed by atoms with Crippen LogP contribution in [0.5, 0.6) is 0 Å². The van der Waals surface area contributed by atoms with Crippen LogP contribution >= 0.6 is 0 Å². The maximum absolute atomic E-state index is 11.5. The molecule has 0 rings (SSSR count). The zero-order valence-corrected chi connectivity index (χ0v) is 10.4. The van der Waals surface area contributed by atoms with E-state index in [1.54, 1.807) is 14.0 Å². The van der Waals surface area contributed by atoms with Crippen molar-refractivity contribution in [2.24, 2.45) is 5.92 Å². The Morgan fingerprint density at radius 2 is 2.00 bits per heavy atom. The lowest BCUT2D eigenvalue weighted by molar-refractivity contribution is -0.137. The summed E-state index contributed by atoms with van der Waals surface area (Å²) < 4.78 is 9.96. The number of aliphatic carboxylic acids is 1. The van der Waals surface area contributed by atoms with Crippen molar-refractivity contribution in [3.8, 4) is 0 Å². The van der Waals surface area contributed by atoms with Crippen molar-refractivity contribution >= 4 is 11.9 Å². The van der Waals surface area contributed by atoms with E-state index in [0.717, 1.165) is 0 Å². The molecule has 6 nitrogen and oxygen atoms in total. The maximum Gasteiger partial charge on any atom is 0.303 e. The lowest BCUT2D eigenvalue weighted by Gasteiger charge is -2.11. The molecule has 17 heavy (non-hydrogen) atoms. The lowest BCUT2D eigenvalue weighted by Crippen LogP contribution is -2.32. The molecule has 0 saturated heterocycles. The summed E-state index contributed by atoms with van der Waals surface area (Å²) in [6.45, 7) is 3.61. The first-order chi connectivity index (χ1) is 8.07. The van der Waals surface area contributed by atoms with E-state index < -0.39 is 5.97 Å². The third-order valence-corrected chi connectivity index (χ3v) is 2.22. The normalized spacial score (nSPS) is 12.1. The SMILES string of the molecule is COCCOCCNC(=O)[C@H](C)CCC(=O)O. The second kappa shape index (κ2) is 10.0. The van der Waals surface area contributed by atoms with Crippen LogP contribution in [-0.4, -0.2) is 50.5 Å². The van der Waals surface area contributed by atoms with E-state index in [2.05, 4.69) is 5.32 Å². The smallest absolute Gasteiger partial charge is 0.303 e. The van der Waals surface area contributed by atoms with E-state index in [9.17, 15) is 9.59 Å². The highest BCUT2D eigenvalue weighted by atomic mass is 16.5. The molecular formula is C11H21NO5. The Morgan fingerprint density at radius 3 is 2.59 bits per heavy atom. The second-order valence-corrected chi connectivity index (χ2v) is 3.73. The Balaban J connectivity index is 3.47. The molecule has 0 aromatic rings. The molecule has 0 heterocycles. The van der Waals surface area contributed by atoms with E-state index in [1.165, 1.54) is 0 Å². The van der Waals surface area contributed by atoms with Gasteiger partial charge in [-0.05, 0) is 6.42 Å². The Labute approximate surface area is 101 Å². The number of hydrogen-bond donors (Lipinski definition) is 2. The third kappa shape index (κ3) is 9.77. The Bertz CT molecular complexity index is 232. The van der Waals surface area contributed by atoms with Crippen molar-refractivity contribution in [3.05, 3.63) is 0 Å². The standard InChI is InChI=1S/C11H21NO5/c1-9(3-4-10(13)14)11(15)12-5-6-17-8-7-16-2/h9H,3-8H2,1-2H3,(H,12,15)(H,13,14)/t9-/m1/s1. The van der Waals surface area contributed by atoms with E-state index in [0.29, 0.717) is 32.8 Å². The molecule has 0 fully saturated rings. The van der Waals surface area contributed by atoms with Gasteiger partial charge in [0, 0.05) is 26.0 Å². The fraction of sp³-hybridized carbons (Fsp3) is 0.818. The van der Waals surface area contributed by atoms with Gasteiger partial charge in [-0.1, -0.05) is 6.92 Å². The Hall–Kier alpha value is -1.14. The van der Waals surface area contributed by atoms with Crippen molar-refractivity contribution in [2.75, 3.05) is 33.5 Å². The molecule has 2 N–H and O–H groups in total. The van der Waals surface area contributed by atoms with Gasteiger partial charge in [0.15, 0.2) is 0 Å². The summed E-state index contributed by atoms with van der Waals surface area (Å²) in [4.78, 5) is 21.8. The molecule has 0 radical (unpaired) electrons. The molecular weight excluding hydrogens is 226 g/mol. The van der Waals surface area contributed by atoms with E-state index in [4.69, 9.17) is 14.6 Å². The molecule has 1 atom stereocenters. The lowest BCUT2D eigenvalue weighted by atomic mass is 10.1. The topological polar surface area (TPSA) is 84.9 Å². The van der Waals surface area contributed by atoms with Crippen molar-refractivity contribution in [3.63, 3.8) is 0 Å². The van der Waals surface area contributed by atoms with Gasteiger partial charge in [0.2, 0.25) is 5.91 Å². The first-order valence-electron chi connectivity index (χ1n) is 5.64. The highest BCUT2D eigenvalue weighted by molar-refractivity contribution is 5.78. The van der Waals surface area contributed by atoms with Crippen molar-refractivity contribution < 1.29 is 24.2 Å². The number of carboxylic acid groups (broad SMARTS) is 1. The van der Waals surface area contributed by atoms with Gasteiger partial charge in [-0.3, -0.25) is 9.59 Å². The highest BCUT2D eigenvalue weighted by Gasteiger charge is 2.13. The number of hydrogen-bond acceptors (Lipinski definition) is 4. The van der Waals surface area contributed by atoms with Gasteiger partial charge in [0.05, 0.1) is 19.8 Å². The Kier molecular flexibility index (Phi) is 9.37. The van der Waals surface area contributed by atoms with Crippen molar-refractivity contribution in [1.82, 2.24) is 5.32 Å². The molecule has 0 saturated carbocycles. The van der Waals surface area contributed by atoms with E-state index >= 15 is 0 Å². The molecule has 0 spiro atoms. The number of nitrogens with one attached hydrogen (secondary N) is 1. The van der Waals surface area contributed by atoms with Gasteiger partial charge in [-0.15, -0.1) is 0 Å². The quantitative estimate of drug-likeness (QED) is 0.541. The number of carbonyl (C=O) groups is 2. The van der Waals surface area contributed by atoms with Crippen molar-refractivity contribution in [1.29, 1.82) is 0 Å². The minimum atomic E-state index is -0.882. The minimum Gasteiger partial charge on any atom is -0.481 e. The average molecular weight is 247 g/mol. The van der Waals surface area contributed by atoms with Crippen LogP contribution in [0.4, 0.5) is 0 Å². The van der Waals surface area contributed by atoms with Crippen LogP contribution in [-0.2, 0) is 19.1 Å². The maximum atomic E-state index is 11.5. The van der Waals surface area contributed by atoms with Crippen LogP contribution in [0.2, 0.25) is 0 Å². The predicted octanol–water partition coefficient (Wildman–Crippen LogP) is 0.266. The zero-order valence-electron chi connectivity index (χ0n) is 10.4. The molecule has 100 valence electrons. The van der Waals surface area contributed by atoms with Gasteiger partial charge in [0.1, 0.15) is 0 Å². The van der Waals surface area contributed by atoms with E-state index in [-0.39, 0.29) is 18.2 Å². The monoisotopic (exact) mass is 247 g/mol. The molecule has 0 bridgehead atoms. The average Bonchev–Trinajstić information content (AvgIpc) is 2.30. The summed E-state index contributed by atoms with van der Waals surface area (Å²) in [5.41, 5.74) is 0. The summed E-state index contributed by atoms with van der Waals surface area (Å²) in [5.74, 6) is -1.31. The first kappa shape index (κ1) is 15.9. The van der Waals surface area contributed by atoms with Crippen LogP contribution < -0.4 is 5.32 Å². The number of amides is 1. The Morgan fingerprint density at radius 1 is 1.29 bits per heavy atom. The van der Waals surface area contributed by atoms with Crippen LogP contribution in [0.1, 0.15) is 19.8 Å². The van der Waals surface area contributed by atoms with Crippen molar-refractivity contribution in [2.45, 2.75) is 19.8 Å². The molecule has 0 aliphatic carbocycles. The van der Waals surface area contributed by atoms with Crippen LogP contribution in [0.15, 0.2) is 0 Å². The summed E-state index contributed by atoms with van der Waals surface area (Å²) in [6, 6.07) is 0. The van der Waals surface area contributed by atoms with Crippen LogP contribution in [0.25, 0.3) is 0 Å². The molecule has 6 heteroatoms. The molecule has 0 aliphatic heterocycles. The zero-order chi connectivity index (χ0) is 13.1. The predicted molar refractivity (Wildman–Crippen MR) is 61.7 cm³/mol. The van der Waals surface area contributed by atoms with Gasteiger partial charge in [-0.2, -0.15) is 0 Å².